The maximum absolute atomic E-state index is 11.3. The van der Waals surface area contributed by atoms with Gasteiger partial charge in [0.05, 0.1) is 11.5 Å². The number of hydrogen-bond acceptors (Lipinski definition) is 2. The Morgan fingerprint density at radius 1 is 1.43 bits per heavy atom. The Morgan fingerprint density at radius 2 is 2.00 bits per heavy atom. The molecular formula is C10H19ClO2S. The first-order valence-electron chi connectivity index (χ1n) is 5.02. The minimum absolute atomic E-state index is 0.103. The summed E-state index contributed by atoms with van der Waals surface area (Å²) in [5.74, 6) is 1.81. The van der Waals surface area contributed by atoms with Gasteiger partial charge in [-0.2, -0.15) is 0 Å². The second-order valence-electron chi connectivity index (χ2n) is 5.29. The fraction of sp³-hybridized carbons (Fsp3) is 1.00. The van der Waals surface area contributed by atoms with Gasteiger partial charge in [-0.05, 0) is 23.7 Å². The summed E-state index contributed by atoms with van der Waals surface area (Å²) in [5, 5.41) is 0. The molecule has 0 bridgehead atoms. The lowest BCUT2D eigenvalue weighted by molar-refractivity contribution is 0.195. The average molecular weight is 239 g/mol. The van der Waals surface area contributed by atoms with Gasteiger partial charge < -0.3 is 0 Å². The average Bonchev–Trinajstić information content (AvgIpc) is 2.29. The van der Waals surface area contributed by atoms with E-state index in [1.165, 1.54) is 0 Å². The summed E-state index contributed by atoms with van der Waals surface area (Å²) in [7, 11) is -2.77. The van der Waals surface area contributed by atoms with E-state index < -0.39 is 9.84 Å². The molecule has 0 aromatic rings. The van der Waals surface area contributed by atoms with E-state index >= 15 is 0 Å². The van der Waals surface area contributed by atoms with E-state index in [4.69, 9.17) is 11.6 Å². The summed E-state index contributed by atoms with van der Waals surface area (Å²) in [4.78, 5) is 0. The summed E-state index contributed by atoms with van der Waals surface area (Å²) >= 11 is 5.93. The molecule has 4 heteroatoms. The third-order valence-corrected chi connectivity index (χ3v) is 5.24. The third kappa shape index (κ3) is 2.86. The van der Waals surface area contributed by atoms with Crippen molar-refractivity contribution in [2.45, 2.75) is 27.2 Å². The highest BCUT2D eigenvalue weighted by atomic mass is 35.5. The van der Waals surface area contributed by atoms with Crippen LogP contribution in [0.4, 0.5) is 0 Å². The number of hydrogen-bond donors (Lipinski definition) is 0. The monoisotopic (exact) mass is 238 g/mol. The van der Waals surface area contributed by atoms with Gasteiger partial charge in [0.15, 0.2) is 9.84 Å². The van der Waals surface area contributed by atoms with Gasteiger partial charge in [-0.3, -0.25) is 0 Å². The van der Waals surface area contributed by atoms with E-state index in [0.717, 1.165) is 6.42 Å². The Hall–Kier alpha value is 0.240. The Labute approximate surface area is 91.9 Å². The van der Waals surface area contributed by atoms with Crippen LogP contribution >= 0.6 is 11.6 Å². The quantitative estimate of drug-likeness (QED) is 0.692. The molecule has 84 valence electrons. The second kappa shape index (κ2) is 4.01. The molecule has 0 amide bonds. The van der Waals surface area contributed by atoms with Crippen LogP contribution in [0.1, 0.15) is 27.2 Å². The van der Waals surface area contributed by atoms with Crippen molar-refractivity contribution in [1.29, 1.82) is 0 Å². The summed E-state index contributed by atoms with van der Waals surface area (Å²) in [6.07, 6.45) is 0.789. The SMILES string of the molecule is CC(C)(C)C(CCl)C1CCS(=O)(=O)C1. The summed E-state index contributed by atoms with van der Waals surface area (Å²) in [6.45, 7) is 6.39. The molecule has 0 N–H and O–H groups in total. The van der Waals surface area contributed by atoms with Crippen molar-refractivity contribution in [3.63, 3.8) is 0 Å². The number of sulfone groups is 1. The van der Waals surface area contributed by atoms with Gasteiger partial charge in [0.25, 0.3) is 0 Å². The summed E-state index contributed by atoms with van der Waals surface area (Å²) in [5.41, 5.74) is 0.103. The van der Waals surface area contributed by atoms with E-state index in [2.05, 4.69) is 20.8 Å². The van der Waals surface area contributed by atoms with E-state index in [-0.39, 0.29) is 11.3 Å². The molecule has 1 saturated heterocycles. The molecule has 1 heterocycles. The van der Waals surface area contributed by atoms with Crippen LogP contribution in [0.25, 0.3) is 0 Å². The first-order chi connectivity index (χ1) is 6.26. The minimum Gasteiger partial charge on any atom is -0.229 e. The zero-order valence-electron chi connectivity index (χ0n) is 9.09. The minimum atomic E-state index is -2.77. The van der Waals surface area contributed by atoms with Crippen molar-refractivity contribution in [1.82, 2.24) is 0 Å². The van der Waals surface area contributed by atoms with Gasteiger partial charge in [-0.15, -0.1) is 11.6 Å². The third-order valence-electron chi connectivity index (χ3n) is 3.12. The van der Waals surface area contributed by atoms with E-state index in [9.17, 15) is 8.42 Å². The van der Waals surface area contributed by atoms with Crippen LogP contribution in [0.15, 0.2) is 0 Å². The normalized spacial score (nSPS) is 29.0. The topological polar surface area (TPSA) is 34.1 Å². The molecule has 0 spiro atoms. The fourth-order valence-corrected chi connectivity index (χ4v) is 4.80. The molecule has 0 radical (unpaired) electrons. The van der Waals surface area contributed by atoms with E-state index in [1.54, 1.807) is 0 Å². The van der Waals surface area contributed by atoms with Crippen molar-refractivity contribution in [2.24, 2.45) is 17.3 Å². The summed E-state index contributed by atoms with van der Waals surface area (Å²) < 4.78 is 22.7. The molecule has 0 aliphatic carbocycles. The Balaban J connectivity index is 2.74. The number of alkyl halides is 1. The molecule has 1 fully saturated rings. The van der Waals surface area contributed by atoms with E-state index in [1.807, 2.05) is 0 Å². The molecule has 0 saturated carbocycles. The van der Waals surface area contributed by atoms with Crippen molar-refractivity contribution in [3.8, 4) is 0 Å². The van der Waals surface area contributed by atoms with Crippen LogP contribution in [-0.4, -0.2) is 25.8 Å². The smallest absolute Gasteiger partial charge is 0.150 e. The van der Waals surface area contributed by atoms with Gasteiger partial charge in [-0.1, -0.05) is 20.8 Å². The predicted octanol–water partition coefficient (Wildman–Crippen LogP) is 2.32. The number of halogens is 1. The molecule has 2 unspecified atom stereocenters. The zero-order valence-corrected chi connectivity index (χ0v) is 10.7. The molecule has 1 aliphatic heterocycles. The van der Waals surface area contributed by atoms with Gasteiger partial charge in [0.1, 0.15) is 0 Å². The second-order valence-corrected chi connectivity index (χ2v) is 7.83. The molecule has 2 atom stereocenters. The van der Waals surface area contributed by atoms with Crippen LogP contribution in [0, 0.1) is 17.3 Å². The lowest BCUT2D eigenvalue weighted by Crippen LogP contribution is -2.30. The maximum Gasteiger partial charge on any atom is 0.150 e. The zero-order chi connectivity index (χ0) is 11.0. The van der Waals surface area contributed by atoms with Crippen molar-refractivity contribution in [3.05, 3.63) is 0 Å². The predicted molar refractivity (Wildman–Crippen MR) is 60.4 cm³/mol. The standard InChI is InChI=1S/C10H19ClO2S/c1-10(2,3)9(6-11)8-4-5-14(12,13)7-8/h8-9H,4-7H2,1-3H3. The lowest BCUT2D eigenvalue weighted by atomic mass is 9.74. The lowest BCUT2D eigenvalue weighted by Gasteiger charge is -2.33. The van der Waals surface area contributed by atoms with Gasteiger partial charge >= 0.3 is 0 Å². The van der Waals surface area contributed by atoms with Crippen LogP contribution in [0.5, 0.6) is 0 Å². The maximum atomic E-state index is 11.3. The van der Waals surface area contributed by atoms with Crippen molar-refractivity contribution >= 4 is 21.4 Å². The molecule has 14 heavy (non-hydrogen) atoms. The molecule has 0 aromatic carbocycles. The van der Waals surface area contributed by atoms with Crippen molar-refractivity contribution in [2.75, 3.05) is 17.4 Å². The highest BCUT2D eigenvalue weighted by Gasteiger charge is 2.38. The fourth-order valence-electron chi connectivity index (χ4n) is 2.21. The van der Waals surface area contributed by atoms with Gasteiger partial charge in [0.2, 0.25) is 0 Å². The Morgan fingerprint density at radius 3 is 2.29 bits per heavy atom. The number of rotatable bonds is 2. The van der Waals surface area contributed by atoms with Gasteiger partial charge in [-0.25, -0.2) is 8.42 Å². The van der Waals surface area contributed by atoms with Crippen LogP contribution in [0.3, 0.4) is 0 Å². The van der Waals surface area contributed by atoms with Crippen LogP contribution in [-0.2, 0) is 9.84 Å². The van der Waals surface area contributed by atoms with Crippen LogP contribution in [0.2, 0.25) is 0 Å². The Kier molecular flexibility index (Phi) is 3.53. The van der Waals surface area contributed by atoms with Gasteiger partial charge in [0, 0.05) is 5.88 Å². The molecule has 2 nitrogen and oxygen atoms in total. The molecule has 1 aliphatic rings. The highest BCUT2D eigenvalue weighted by Crippen LogP contribution is 2.38. The summed E-state index contributed by atoms with van der Waals surface area (Å²) in [6, 6.07) is 0. The molecular weight excluding hydrogens is 220 g/mol. The highest BCUT2D eigenvalue weighted by molar-refractivity contribution is 7.91. The Bertz CT molecular complexity index is 290. The molecule has 0 aromatic heterocycles. The van der Waals surface area contributed by atoms with Crippen molar-refractivity contribution < 1.29 is 8.42 Å². The molecule has 1 rings (SSSR count). The van der Waals surface area contributed by atoms with E-state index in [0.29, 0.717) is 23.3 Å². The van der Waals surface area contributed by atoms with Crippen LogP contribution < -0.4 is 0 Å². The first kappa shape index (κ1) is 12.3. The largest absolute Gasteiger partial charge is 0.229 e. The first-order valence-corrected chi connectivity index (χ1v) is 7.38.